The van der Waals surface area contributed by atoms with E-state index < -0.39 is 0 Å². The minimum Gasteiger partial charge on any atom is -0.396 e. The first-order chi connectivity index (χ1) is 21.3. The monoisotopic (exact) mass is 610 g/mol. The Hall–Kier alpha value is -0.120. The quantitative estimate of drug-likeness (QED) is 0.0707. The summed E-state index contributed by atoms with van der Waals surface area (Å²) >= 11 is 0. The van der Waals surface area contributed by atoms with Crippen molar-refractivity contribution in [1.82, 2.24) is 4.90 Å². The molecule has 1 N–H and O–H groups in total. The van der Waals surface area contributed by atoms with Crippen LogP contribution in [0.3, 0.4) is 0 Å². The Balaban J connectivity index is 4.10. The Morgan fingerprint density at radius 3 is 1.21 bits per heavy atom. The van der Waals surface area contributed by atoms with Crippen LogP contribution in [0.25, 0.3) is 0 Å². The van der Waals surface area contributed by atoms with Crippen molar-refractivity contribution in [3.8, 4) is 0 Å². The van der Waals surface area contributed by atoms with Crippen LogP contribution in [0.15, 0.2) is 0 Å². The largest absolute Gasteiger partial charge is 0.396 e. The third-order valence-electron chi connectivity index (χ3n) is 9.51. The summed E-state index contributed by atoms with van der Waals surface area (Å²) in [5, 5.41) is 9.15. The lowest BCUT2D eigenvalue weighted by molar-refractivity contribution is 0.0877. The van der Waals surface area contributed by atoms with Gasteiger partial charge in [-0.05, 0) is 70.5 Å². The lowest BCUT2D eigenvalue weighted by atomic mass is 9.94. The van der Waals surface area contributed by atoms with Crippen LogP contribution < -0.4 is 0 Å². The van der Waals surface area contributed by atoms with E-state index in [1.54, 1.807) is 0 Å². The number of hydrogen-bond donors (Lipinski definition) is 1. The third kappa shape index (κ3) is 34.6. The smallest absolute Gasteiger partial charge is 0.0494 e. The molecule has 0 bridgehead atoms. The van der Waals surface area contributed by atoms with Gasteiger partial charge in [0.1, 0.15) is 0 Å². The van der Waals surface area contributed by atoms with E-state index in [4.69, 9.17) is 9.84 Å². The molecular formula is C40H83NO2. The van der Waals surface area contributed by atoms with Gasteiger partial charge in [0, 0.05) is 19.8 Å². The normalized spacial score (nSPS) is 12.5. The Bertz CT molecular complexity index is 485. The lowest BCUT2D eigenvalue weighted by Crippen LogP contribution is -2.27. The maximum atomic E-state index is 9.15. The molecule has 43 heavy (non-hydrogen) atoms. The molecule has 0 radical (unpaired) electrons. The van der Waals surface area contributed by atoms with Crippen LogP contribution in [0.2, 0.25) is 0 Å². The predicted octanol–water partition coefficient (Wildman–Crippen LogP) is 12.7. The first kappa shape index (κ1) is 42.9. The maximum Gasteiger partial charge on any atom is 0.0494 e. The second-order valence-corrected chi connectivity index (χ2v) is 13.9. The summed E-state index contributed by atoms with van der Waals surface area (Å²) in [6, 6.07) is 0. The number of aliphatic hydroxyl groups excluding tert-OH is 1. The summed E-state index contributed by atoms with van der Waals surface area (Å²) in [5.41, 5.74) is 0. The van der Waals surface area contributed by atoms with E-state index in [9.17, 15) is 0 Å². The molecule has 0 spiro atoms. The molecule has 3 nitrogen and oxygen atoms in total. The van der Waals surface area contributed by atoms with Crippen LogP contribution in [-0.4, -0.2) is 49.5 Å². The molecule has 0 rings (SSSR count). The first-order valence-electron chi connectivity index (χ1n) is 20.2. The standard InChI is InChI=1S/C40H83NO2/c1-4-7-10-13-15-17-18-20-22-26-33-40(32-25-21-19-16-14-11-8-5-2)39-43-38-31-24-23-28-35-41(36-29-30-37-42)34-27-12-9-6-3/h40,42H,4-39H2,1-3H3. The SMILES string of the molecule is CCCCCCCCCCCCC(CCCCCCCCCC)COCCCCCCN(CCCCO)CCCCCC. The van der Waals surface area contributed by atoms with Crippen LogP contribution in [-0.2, 0) is 4.74 Å². The van der Waals surface area contributed by atoms with Gasteiger partial charge < -0.3 is 14.7 Å². The van der Waals surface area contributed by atoms with E-state index in [-0.39, 0.29) is 0 Å². The summed E-state index contributed by atoms with van der Waals surface area (Å²) < 4.78 is 6.30. The van der Waals surface area contributed by atoms with Gasteiger partial charge in [-0.15, -0.1) is 0 Å². The van der Waals surface area contributed by atoms with Gasteiger partial charge >= 0.3 is 0 Å². The molecule has 0 saturated heterocycles. The zero-order valence-corrected chi connectivity index (χ0v) is 30.3. The zero-order chi connectivity index (χ0) is 31.3. The number of nitrogens with zero attached hydrogens (tertiary/aromatic N) is 1. The minimum atomic E-state index is 0.336. The molecule has 0 fully saturated rings. The fourth-order valence-corrected chi connectivity index (χ4v) is 6.49. The molecule has 260 valence electrons. The summed E-state index contributed by atoms with van der Waals surface area (Å²) in [4.78, 5) is 2.66. The van der Waals surface area contributed by atoms with Crippen LogP contribution in [0.5, 0.6) is 0 Å². The van der Waals surface area contributed by atoms with E-state index in [0.717, 1.165) is 38.5 Å². The van der Waals surface area contributed by atoms with Crippen molar-refractivity contribution in [1.29, 1.82) is 0 Å². The third-order valence-corrected chi connectivity index (χ3v) is 9.51. The number of ether oxygens (including phenoxy) is 1. The number of rotatable bonds is 38. The van der Waals surface area contributed by atoms with Crippen LogP contribution in [0.1, 0.15) is 213 Å². The summed E-state index contributed by atoms with van der Waals surface area (Å²) in [7, 11) is 0. The minimum absolute atomic E-state index is 0.336. The van der Waals surface area contributed by atoms with Crippen molar-refractivity contribution in [3.05, 3.63) is 0 Å². The average Bonchev–Trinajstić information content (AvgIpc) is 3.02. The van der Waals surface area contributed by atoms with E-state index in [1.165, 1.54) is 193 Å². The molecule has 0 aromatic rings. The van der Waals surface area contributed by atoms with Crippen molar-refractivity contribution >= 4 is 0 Å². The highest BCUT2D eigenvalue weighted by molar-refractivity contribution is 4.62. The van der Waals surface area contributed by atoms with E-state index in [2.05, 4.69) is 25.7 Å². The van der Waals surface area contributed by atoms with Crippen LogP contribution >= 0.6 is 0 Å². The number of unbranched alkanes of at least 4 members (excludes halogenated alkanes) is 23. The Morgan fingerprint density at radius 1 is 0.419 bits per heavy atom. The highest BCUT2D eigenvalue weighted by atomic mass is 16.5. The summed E-state index contributed by atoms with van der Waals surface area (Å²) in [6.45, 7) is 12.9. The Labute approximate surface area is 273 Å². The van der Waals surface area contributed by atoms with Crippen molar-refractivity contribution in [2.45, 2.75) is 213 Å². The number of aliphatic hydroxyl groups is 1. The lowest BCUT2D eigenvalue weighted by Gasteiger charge is -2.22. The average molecular weight is 610 g/mol. The highest BCUT2D eigenvalue weighted by Gasteiger charge is 2.10. The highest BCUT2D eigenvalue weighted by Crippen LogP contribution is 2.20. The van der Waals surface area contributed by atoms with Gasteiger partial charge in [0.05, 0.1) is 0 Å². The molecule has 0 aromatic heterocycles. The molecule has 0 saturated carbocycles. The van der Waals surface area contributed by atoms with Crippen LogP contribution in [0, 0.1) is 5.92 Å². The molecular weight excluding hydrogens is 526 g/mol. The zero-order valence-electron chi connectivity index (χ0n) is 30.3. The van der Waals surface area contributed by atoms with Crippen molar-refractivity contribution in [3.63, 3.8) is 0 Å². The van der Waals surface area contributed by atoms with Gasteiger partial charge in [-0.25, -0.2) is 0 Å². The molecule has 0 aromatic carbocycles. The molecule has 0 aliphatic carbocycles. The molecule has 1 atom stereocenters. The molecule has 0 aliphatic rings. The molecule has 0 aliphatic heterocycles. The fraction of sp³-hybridized carbons (Fsp3) is 1.00. The molecule has 1 unspecified atom stereocenters. The summed E-state index contributed by atoms with van der Waals surface area (Å²) in [6.07, 6.45) is 41.1. The molecule has 0 amide bonds. The van der Waals surface area contributed by atoms with E-state index >= 15 is 0 Å². The van der Waals surface area contributed by atoms with Gasteiger partial charge in [-0.3, -0.25) is 0 Å². The van der Waals surface area contributed by atoms with Gasteiger partial charge in [0.25, 0.3) is 0 Å². The number of hydrogen-bond acceptors (Lipinski definition) is 3. The van der Waals surface area contributed by atoms with Crippen molar-refractivity contribution in [2.75, 3.05) is 39.5 Å². The fourth-order valence-electron chi connectivity index (χ4n) is 6.49. The first-order valence-corrected chi connectivity index (χ1v) is 20.2. The predicted molar refractivity (Wildman–Crippen MR) is 193 cm³/mol. The van der Waals surface area contributed by atoms with Gasteiger partial charge in [-0.1, -0.05) is 168 Å². The molecule has 0 heterocycles. The molecule has 3 heteroatoms. The van der Waals surface area contributed by atoms with Gasteiger partial charge in [-0.2, -0.15) is 0 Å². The second kappa shape index (κ2) is 38.1. The summed E-state index contributed by atoms with van der Waals surface area (Å²) in [5.74, 6) is 0.786. The second-order valence-electron chi connectivity index (χ2n) is 13.9. The van der Waals surface area contributed by atoms with E-state index in [0.29, 0.717) is 6.61 Å². The maximum absolute atomic E-state index is 9.15. The van der Waals surface area contributed by atoms with Crippen molar-refractivity contribution in [2.24, 2.45) is 5.92 Å². The van der Waals surface area contributed by atoms with Gasteiger partial charge in [0.2, 0.25) is 0 Å². The van der Waals surface area contributed by atoms with Gasteiger partial charge in [0.15, 0.2) is 0 Å². The Kier molecular flexibility index (Phi) is 38.0. The van der Waals surface area contributed by atoms with E-state index in [1.807, 2.05) is 0 Å². The topological polar surface area (TPSA) is 32.7 Å². The van der Waals surface area contributed by atoms with Crippen LogP contribution in [0.4, 0.5) is 0 Å². The Morgan fingerprint density at radius 2 is 0.767 bits per heavy atom. The van der Waals surface area contributed by atoms with Crippen molar-refractivity contribution < 1.29 is 9.84 Å².